The lowest BCUT2D eigenvalue weighted by molar-refractivity contribution is -0.157. The van der Waals surface area contributed by atoms with Crippen molar-refractivity contribution < 1.29 is 23.5 Å². The lowest BCUT2D eigenvalue weighted by Crippen LogP contribution is -2.40. The molecule has 2 fully saturated rings. The number of carbonyl (C=O) groups excluding carboxylic acids is 2. The van der Waals surface area contributed by atoms with Gasteiger partial charge in [0.15, 0.2) is 0 Å². The molecule has 0 saturated carbocycles. The van der Waals surface area contributed by atoms with Crippen LogP contribution in [0, 0.1) is 11.8 Å². The number of amides is 1. The van der Waals surface area contributed by atoms with Crippen molar-refractivity contribution in [1.29, 1.82) is 0 Å². The van der Waals surface area contributed by atoms with Crippen LogP contribution in [0.1, 0.15) is 19.6 Å². The van der Waals surface area contributed by atoms with Crippen LogP contribution in [-0.2, 0) is 25.6 Å². The van der Waals surface area contributed by atoms with E-state index >= 15 is 0 Å². The normalized spacial score (nSPS) is 34.5. The van der Waals surface area contributed by atoms with E-state index < -0.39 is 17.4 Å². The summed E-state index contributed by atoms with van der Waals surface area (Å²) in [6.45, 7) is 4.43. The second kappa shape index (κ2) is 4.96. The third-order valence-corrected chi connectivity index (χ3v) is 4.73. The summed E-state index contributed by atoms with van der Waals surface area (Å²) >= 11 is 0. The van der Waals surface area contributed by atoms with Crippen LogP contribution in [0.4, 0.5) is 0 Å². The van der Waals surface area contributed by atoms with E-state index in [4.69, 9.17) is 13.9 Å². The van der Waals surface area contributed by atoms with Crippen molar-refractivity contribution in [2.45, 2.75) is 38.2 Å². The quantitative estimate of drug-likeness (QED) is 0.622. The second-order valence-corrected chi connectivity index (χ2v) is 6.66. The molecule has 2 bridgehead atoms. The number of rotatable bonds is 4. The van der Waals surface area contributed by atoms with Crippen molar-refractivity contribution in [3.05, 3.63) is 36.3 Å². The topological polar surface area (TPSA) is 69.0 Å². The molecule has 4 heterocycles. The molecule has 0 aromatic carbocycles. The van der Waals surface area contributed by atoms with Crippen molar-refractivity contribution in [2.75, 3.05) is 6.54 Å². The summed E-state index contributed by atoms with van der Waals surface area (Å²) in [6.07, 6.45) is 4.83. The van der Waals surface area contributed by atoms with E-state index in [0.29, 0.717) is 13.1 Å². The van der Waals surface area contributed by atoms with Crippen LogP contribution in [0.25, 0.3) is 0 Å². The van der Waals surface area contributed by atoms with Gasteiger partial charge in [-0.15, -0.1) is 0 Å². The minimum atomic E-state index is -0.699. The Bertz CT molecular complexity index is 665. The van der Waals surface area contributed by atoms with Gasteiger partial charge in [-0.2, -0.15) is 0 Å². The predicted molar refractivity (Wildman–Crippen MR) is 79.1 cm³/mol. The average Bonchev–Trinajstić information content (AvgIpc) is 3.21. The van der Waals surface area contributed by atoms with Crippen LogP contribution in [0.3, 0.4) is 0 Å². The van der Waals surface area contributed by atoms with E-state index in [1.165, 1.54) is 0 Å². The predicted octanol–water partition coefficient (Wildman–Crippen LogP) is 1.51. The SMILES string of the molecule is CC(C)OC(=O)C1[C@@H]2C=CC3(CN(Cc4ccco4)C(=O)[C@H]13)O2. The highest BCUT2D eigenvalue weighted by Crippen LogP contribution is 2.52. The van der Waals surface area contributed by atoms with Gasteiger partial charge in [-0.05, 0) is 26.0 Å². The molecular weight excluding hydrogens is 298 g/mol. The molecule has 0 radical (unpaired) electrons. The summed E-state index contributed by atoms with van der Waals surface area (Å²) in [5.41, 5.74) is -0.699. The fraction of sp³-hybridized carbons (Fsp3) is 0.529. The number of ether oxygens (including phenoxy) is 2. The van der Waals surface area contributed by atoms with E-state index in [0.717, 1.165) is 5.76 Å². The Morgan fingerprint density at radius 2 is 2.35 bits per heavy atom. The number of fused-ring (bicyclic) bond motifs is 1. The Morgan fingerprint density at radius 1 is 1.52 bits per heavy atom. The molecular formula is C17H19NO5. The Labute approximate surface area is 134 Å². The molecule has 23 heavy (non-hydrogen) atoms. The van der Waals surface area contributed by atoms with E-state index in [1.54, 1.807) is 31.1 Å². The van der Waals surface area contributed by atoms with E-state index in [-0.39, 0.29) is 24.1 Å². The zero-order valence-electron chi connectivity index (χ0n) is 13.1. The van der Waals surface area contributed by atoms with Crippen LogP contribution in [0.15, 0.2) is 35.0 Å². The third-order valence-electron chi connectivity index (χ3n) is 4.73. The summed E-state index contributed by atoms with van der Waals surface area (Å²) in [5, 5.41) is 0. The Hall–Kier alpha value is -2.08. The first-order valence-corrected chi connectivity index (χ1v) is 7.89. The monoisotopic (exact) mass is 317 g/mol. The number of carbonyl (C=O) groups is 2. The van der Waals surface area contributed by atoms with Crippen LogP contribution >= 0.6 is 0 Å². The number of hydrogen-bond acceptors (Lipinski definition) is 5. The first-order chi connectivity index (χ1) is 11.0. The van der Waals surface area contributed by atoms with Gasteiger partial charge in [-0.1, -0.05) is 12.2 Å². The summed E-state index contributed by atoms with van der Waals surface area (Å²) in [5.74, 6) is -0.766. The molecule has 1 spiro atoms. The van der Waals surface area contributed by atoms with Gasteiger partial charge in [0.25, 0.3) is 0 Å². The van der Waals surface area contributed by atoms with Crippen molar-refractivity contribution in [3.63, 3.8) is 0 Å². The van der Waals surface area contributed by atoms with Crippen LogP contribution in [-0.4, -0.2) is 41.1 Å². The number of esters is 1. The molecule has 3 aliphatic rings. The lowest BCUT2D eigenvalue weighted by Gasteiger charge is -2.23. The number of nitrogens with zero attached hydrogens (tertiary/aromatic N) is 1. The molecule has 1 aromatic heterocycles. The highest BCUT2D eigenvalue weighted by molar-refractivity contribution is 5.91. The molecule has 0 N–H and O–H groups in total. The van der Waals surface area contributed by atoms with Gasteiger partial charge >= 0.3 is 5.97 Å². The fourth-order valence-electron chi connectivity index (χ4n) is 3.88. The summed E-state index contributed by atoms with van der Waals surface area (Å²) in [4.78, 5) is 27.0. The summed E-state index contributed by atoms with van der Waals surface area (Å²) in [6, 6.07) is 3.62. The standard InChI is InChI=1S/C17H19NO5/c1-10(2)22-16(20)13-12-5-6-17(23-12)9-18(15(19)14(13)17)8-11-4-3-7-21-11/h3-7,10,12-14H,8-9H2,1-2H3/t12-,13?,14-,17?/m0/s1. The molecule has 2 unspecified atom stereocenters. The molecule has 122 valence electrons. The summed E-state index contributed by atoms with van der Waals surface area (Å²) < 4.78 is 16.7. The molecule has 1 amide bonds. The largest absolute Gasteiger partial charge is 0.467 e. The second-order valence-electron chi connectivity index (χ2n) is 6.66. The highest BCUT2D eigenvalue weighted by atomic mass is 16.6. The Balaban J connectivity index is 1.59. The zero-order valence-corrected chi connectivity index (χ0v) is 13.1. The molecule has 0 aliphatic carbocycles. The maximum atomic E-state index is 12.9. The van der Waals surface area contributed by atoms with Gasteiger partial charge in [0, 0.05) is 0 Å². The van der Waals surface area contributed by atoms with Crippen LogP contribution in [0.2, 0.25) is 0 Å². The first kappa shape index (κ1) is 14.5. The van der Waals surface area contributed by atoms with Gasteiger partial charge < -0.3 is 18.8 Å². The van der Waals surface area contributed by atoms with E-state index in [2.05, 4.69) is 0 Å². The minimum absolute atomic E-state index is 0.0704. The number of furan rings is 1. The van der Waals surface area contributed by atoms with Gasteiger partial charge in [-0.3, -0.25) is 9.59 Å². The van der Waals surface area contributed by atoms with Crippen LogP contribution < -0.4 is 0 Å². The van der Waals surface area contributed by atoms with Crippen molar-refractivity contribution >= 4 is 11.9 Å². The third kappa shape index (κ3) is 2.12. The molecule has 6 nitrogen and oxygen atoms in total. The smallest absolute Gasteiger partial charge is 0.313 e. The molecule has 4 rings (SSSR count). The summed E-state index contributed by atoms with van der Waals surface area (Å²) in [7, 11) is 0. The van der Waals surface area contributed by atoms with Gasteiger partial charge in [0.1, 0.15) is 17.3 Å². The van der Waals surface area contributed by atoms with Gasteiger partial charge in [-0.25, -0.2) is 0 Å². The van der Waals surface area contributed by atoms with Crippen LogP contribution in [0.5, 0.6) is 0 Å². The zero-order chi connectivity index (χ0) is 16.2. The Kier molecular flexibility index (Phi) is 3.13. The minimum Gasteiger partial charge on any atom is -0.467 e. The first-order valence-electron chi connectivity index (χ1n) is 7.89. The highest BCUT2D eigenvalue weighted by Gasteiger charge is 2.67. The maximum absolute atomic E-state index is 12.9. The van der Waals surface area contributed by atoms with Gasteiger partial charge in [0.2, 0.25) is 5.91 Å². The molecule has 4 atom stereocenters. The molecule has 3 aliphatic heterocycles. The van der Waals surface area contributed by atoms with Crippen molar-refractivity contribution in [3.8, 4) is 0 Å². The van der Waals surface area contributed by atoms with Gasteiger partial charge in [0.05, 0.1) is 37.5 Å². The molecule has 2 saturated heterocycles. The number of likely N-dealkylation sites (tertiary alicyclic amines) is 1. The van der Waals surface area contributed by atoms with E-state index in [1.807, 2.05) is 18.2 Å². The maximum Gasteiger partial charge on any atom is 0.313 e. The van der Waals surface area contributed by atoms with E-state index in [9.17, 15) is 9.59 Å². The molecule has 1 aromatic rings. The molecule has 6 heteroatoms. The average molecular weight is 317 g/mol. The lowest BCUT2D eigenvalue weighted by atomic mass is 9.77. The van der Waals surface area contributed by atoms with Crippen molar-refractivity contribution in [1.82, 2.24) is 4.90 Å². The Morgan fingerprint density at radius 3 is 3.04 bits per heavy atom. The number of hydrogen-bond donors (Lipinski definition) is 0. The van der Waals surface area contributed by atoms with Crippen molar-refractivity contribution in [2.24, 2.45) is 11.8 Å². The fourth-order valence-corrected chi connectivity index (χ4v) is 3.88.